The van der Waals surface area contributed by atoms with E-state index in [0.717, 1.165) is 24.6 Å². The number of nitrogens with zero attached hydrogens (tertiary/aromatic N) is 4. The van der Waals surface area contributed by atoms with Gasteiger partial charge in [-0.2, -0.15) is 23.5 Å². The van der Waals surface area contributed by atoms with E-state index in [1.165, 1.54) is 12.1 Å². The number of aromatic amines is 1. The highest BCUT2D eigenvalue weighted by Crippen LogP contribution is 2.34. The number of alkyl halides is 3. The summed E-state index contributed by atoms with van der Waals surface area (Å²) < 4.78 is 38.5. The van der Waals surface area contributed by atoms with Crippen LogP contribution >= 0.6 is 0 Å². The van der Waals surface area contributed by atoms with E-state index in [2.05, 4.69) is 15.2 Å². The van der Waals surface area contributed by atoms with Gasteiger partial charge < -0.3 is 10.6 Å². The lowest BCUT2D eigenvalue weighted by Gasteiger charge is -2.32. The van der Waals surface area contributed by atoms with E-state index in [1.807, 2.05) is 4.90 Å². The van der Waals surface area contributed by atoms with Crippen molar-refractivity contribution in [3.63, 3.8) is 0 Å². The van der Waals surface area contributed by atoms with Gasteiger partial charge in [0.05, 0.1) is 5.56 Å². The molecule has 9 heteroatoms. The van der Waals surface area contributed by atoms with E-state index in [4.69, 9.17) is 11.0 Å². The predicted molar refractivity (Wildman–Crippen MR) is 81.1 cm³/mol. The average Bonchev–Trinajstić information content (AvgIpc) is 3.00. The standard InChI is InChI=1S/C15H15F3N6/c16-15(17,18)10-1-2-14(21-12(10)8-19)24-5-3-9(4-6-24)11-7-13(20)23-22-11/h1-2,7,9H,3-6H2,(H3,20,22,23). The number of hydrogen-bond acceptors (Lipinski definition) is 5. The number of nitrogen functional groups attached to an aromatic ring is 1. The van der Waals surface area contributed by atoms with Gasteiger partial charge in [0.2, 0.25) is 0 Å². The lowest BCUT2D eigenvalue weighted by molar-refractivity contribution is -0.138. The van der Waals surface area contributed by atoms with E-state index < -0.39 is 17.4 Å². The number of nitriles is 1. The molecule has 0 bridgehead atoms. The van der Waals surface area contributed by atoms with Crippen molar-refractivity contribution in [2.24, 2.45) is 0 Å². The Morgan fingerprint density at radius 1 is 1.29 bits per heavy atom. The molecule has 3 rings (SSSR count). The second kappa shape index (κ2) is 6.03. The Kier molecular flexibility index (Phi) is 4.05. The predicted octanol–water partition coefficient (Wildman–Crippen LogP) is 2.66. The van der Waals surface area contributed by atoms with E-state index >= 15 is 0 Å². The zero-order valence-corrected chi connectivity index (χ0v) is 12.6. The van der Waals surface area contributed by atoms with Crippen LogP contribution < -0.4 is 10.6 Å². The molecule has 1 aliphatic rings. The molecule has 24 heavy (non-hydrogen) atoms. The number of nitrogens with two attached hydrogens (primary N) is 1. The van der Waals surface area contributed by atoms with Gasteiger partial charge in [-0.1, -0.05) is 0 Å². The van der Waals surface area contributed by atoms with E-state index in [9.17, 15) is 13.2 Å². The van der Waals surface area contributed by atoms with Crippen molar-refractivity contribution < 1.29 is 13.2 Å². The van der Waals surface area contributed by atoms with Crippen molar-refractivity contribution in [1.29, 1.82) is 5.26 Å². The third kappa shape index (κ3) is 3.13. The summed E-state index contributed by atoms with van der Waals surface area (Å²) in [7, 11) is 0. The lowest BCUT2D eigenvalue weighted by atomic mass is 9.93. The van der Waals surface area contributed by atoms with Crippen LogP contribution in [-0.4, -0.2) is 28.3 Å². The molecule has 1 fully saturated rings. The van der Waals surface area contributed by atoms with Gasteiger partial charge >= 0.3 is 6.18 Å². The minimum Gasteiger partial charge on any atom is -0.382 e. The summed E-state index contributed by atoms with van der Waals surface area (Å²) in [5.74, 6) is 1.11. The highest BCUT2D eigenvalue weighted by Gasteiger charge is 2.35. The summed E-state index contributed by atoms with van der Waals surface area (Å²) in [5.41, 5.74) is 4.97. The summed E-state index contributed by atoms with van der Waals surface area (Å²) in [6.07, 6.45) is -2.98. The molecule has 0 aromatic carbocycles. The molecule has 0 saturated carbocycles. The number of hydrogen-bond donors (Lipinski definition) is 2. The Morgan fingerprint density at radius 3 is 2.54 bits per heavy atom. The molecular formula is C15H15F3N6. The minimum absolute atomic E-state index is 0.274. The van der Waals surface area contributed by atoms with Gasteiger partial charge in [0, 0.05) is 30.8 Å². The Hall–Kier alpha value is -2.76. The Balaban J connectivity index is 1.74. The molecule has 1 saturated heterocycles. The van der Waals surface area contributed by atoms with Crippen molar-refractivity contribution in [1.82, 2.24) is 15.2 Å². The van der Waals surface area contributed by atoms with Gasteiger partial charge in [-0.15, -0.1) is 0 Å². The largest absolute Gasteiger partial charge is 0.419 e. The van der Waals surface area contributed by atoms with Gasteiger partial charge in [0.25, 0.3) is 0 Å². The zero-order chi connectivity index (χ0) is 17.3. The second-order valence-electron chi connectivity index (χ2n) is 5.68. The fourth-order valence-corrected chi connectivity index (χ4v) is 2.92. The van der Waals surface area contributed by atoms with Crippen LogP contribution in [0.5, 0.6) is 0 Å². The smallest absolute Gasteiger partial charge is 0.382 e. The van der Waals surface area contributed by atoms with Crippen LogP contribution in [0.15, 0.2) is 18.2 Å². The maximum Gasteiger partial charge on any atom is 0.419 e. The van der Waals surface area contributed by atoms with Crippen LogP contribution in [0.25, 0.3) is 0 Å². The first-order valence-corrected chi connectivity index (χ1v) is 7.42. The van der Waals surface area contributed by atoms with Crippen molar-refractivity contribution >= 4 is 11.6 Å². The van der Waals surface area contributed by atoms with Crippen LogP contribution in [-0.2, 0) is 6.18 Å². The van der Waals surface area contributed by atoms with Gasteiger partial charge in [0.1, 0.15) is 17.7 Å². The Labute approximate surface area is 136 Å². The Bertz CT molecular complexity index is 768. The van der Waals surface area contributed by atoms with Crippen molar-refractivity contribution in [2.45, 2.75) is 24.9 Å². The van der Waals surface area contributed by atoms with Crippen molar-refractivity contribution in [3.8, 4) is 6.07 Å². The van der Waals surface area contributed by atoms with E-state index in [0.29, 0.717) is 24.7 Å². The highest BCUT2D eigenvalue weighted by atomic mass is 19.4. The van der Waals surface area contributed by atoms with Crippen molar-refractivity contribution in [3.05, 3.63) is 35.2 Å². The molecule has 3 heterocycles. The Morgan fingerprint density at radius 2 is 2.00 bits per heavy atom. The van der Waals surface area contributed by atoms with Gasteiger partial charge in [0.15, 0.2) is 5.69 Å². The number of halogens is 3. The topological polar surface area (TPSA) is 94.6 Å². The first kappa shape index (κ1) is 16.1. The molecule has 0 aliphatic carbocycles. The third-order valence-corrected chi connectivity index (χ3v) is 4.17. The molecule has 1 aliphatic heterocycles. The van der Waals surface area contributed by atoms with Gasteiger partial charge in [-0.25, -0.2) is 4.98 Å². The molecular weight excluding hydrogens is 321 g/mol. The quantitative estimate of drug-likeness (QED) is 0.879. The fraction of sp³-hybridized carbons (Fsp3) is 0.400. The van der Waals surface area contributed by atoms with Crippen LogP contribution in [0.3, 0.4) is 0 Å². The number of nitrogens with one attached hydrogen (secondary N) is 1. The van der Waals surface area contributed by atoms with E-state index in [-0.39, 0.29) is 5.92 Å². The fourth-order valence-electron chi connectivity index (χ4n) is 2.92. The monoisotopic (exact) mass is 336 g/mol. The first-order valence-electron chi connectivity index (χ1n) is 7.42. The second-order valence-corrected chi connectivity index (χ2v) is 5.68. The average molecular weight is 336 g/mol. The third-order valence-electron chi connectivity index (χ3n) is 4.17. The summed E-state index contributed by atoms with van der Waals surface area (Å²) in [4.78, 5) is 5.77. The van der Waals surface area contributed by atoms with Crippen LogP contribution in [0.2, 0.25) is 0 Å². The molecule has 0 spiro atoms. The van der Waals surface area contributed by atoms with E-state index in [1.54, 1.807) is 6.07 Å². The summed E-state index contributed by atoms with van der Waals surface area (Å²) >= 11 is 0. The van der Waals surface area contributed by atoms with Gasteiger partial charge in [-0.05, 0) is 25.0 Å². The SMILES string of the molecule is N#Cc1nc(N2CCC(c3cc(N)n[nH]3)CC2)ccc1C(F)(F)F. The lowest BCUT2D eigenvalue weighted by Crippen LogP contribution is -2.33. The first-order chi connectivity index (χ1) is 11.4. The zero-order valence-electron chi connectivity index (χ0n) is 12.6. The molecule has 2 aromatic heterocycles. The van der Waals surface area contributed by atoms with Crippen LogP contribution in [0.4, 0.5) is 24.8 Å². The summed E-state index contributed by atoms with van der Waals surface area (Å²) in [5, 5.41) is 15.7. The van der Waals surface area contributed by atoms with Crippen LogP contribution in [0.1, 0.15) is 35.7 Å². The number of piperidine rings is 1. The number of rotatable bonds is 2. The molecule has 2 aromatic rings. The molecule has 6 nitrogen and oxygen atoms in total. The molecule has 0 unspecified atom stereocenters. The number of anilines is 2. The maximum atomic E-state index is 12.8. The minimum atomic E-state index is -4.58. The molecule has 0 atom stereocenters. The summed E-state index contributed by atoms with van der Waals surface area (Å²) in [6, 6.07) is 5.57. The number of aromatic nitrogens is 3. The maximum absolute atomic E-state index is 12.8. The molecule has 126 valence electrons. The molecule has 0 radical (unpaired) electrons. The van der Waals surface area contributed by atoms with Crippen molar-refractivity contribution in [2.75, 3.05) is 23.7 Å². The summed E-state index contributed by atoms with van der Waals surface area (Å²) in [6.45, 7) is 1.26. The number of H-pyrrole nitrogens is 1. The van der Waals surface area contributed by atoms with Gasteiger partial charge in [-0.3, -0.25) is 5.10 Å². The normalized spacial score (nSPS) is 16.2. The highest BCUT2D eigenvalue weighted by molar-refractivity contribution is 5.46. The van der Waals surface area contributed by atoms with Crippen LogP contribution in [0, 0.1) is 11.3 Å². The molecule has 0 amide bonds. The number of pyridine rings is 1. The molecule has 3 N–H and O–H groups in total.